The lowest BCUT2D eigenvalue weighted by Gasteiger charge is -2.24. The van der Waals surface area contributed by atoms with Crippen LogP contribution in [0.5, 0.6) is 5.75 Å². The van der Waals surface area contributed by atoms with E-state index in [0.29, 0.717) is 17.5 Å². The third kappa shape index (κ3) is 2.72. The molecule has 0 aliphatic heterocycles. The van der Waals surface area contributed by atoms with Crippen molar-refractivity contribution < 1.29 is 13.2 Å². The Balaban J connectivity index is 1.86. The molecule has 1 aromatic carbocycles. The molecule has 2 aromatic rings. The van der Waals surface area contributed by atoms with Gasteiger partial charge in [0.2, 0.25) is 0 Å². The second kappa shape index (κ2) is 5.72. The predicted octanol–water partition coefficient (Wildman–Crippen LogP) is 2.07. The number of ether oxygens (including phenoxy) is 1. The largest absolute Gasteiger partial charge is 0.497 e. The minimum Gasteiger partial charge on any atom is -0.497 e. The zero-order valence-corrected chi connectivity index (χ0v) is 13.5. The quantitative estimate of drug-likeness (QED) is 0.843. The van der Waals surface area contributed by atoms with Crippen LogP contribution in [0.15, 0.2) is 29.2 Å². The summed E-state index contributed by atoms with van der Waals surface area (Å²) in [5, 5.41) is 8.25. The monoisotopic (exact) mass is 321 g/mol. The topological polar surface area (TPSA) is 74.1 Å². The van der Waals surface area contributed by atoms with Crippen molar-refractivity contribution in [2.24, 2.45) is 7.05 Å². The Kier molecular flexibility index (Phi) is 3.90. The van der Waals surface area contributed by atoms with Crippen LogP contribution in [0.25, 0.3) is 0 Å². The van der Waals surface area contributed by atoms with Gasteiger partial charge in [0.25, 0.3) is 0 Å². The fourth-order valence-corrected chi connectivity index (χ4v) is 3.91. The molecule has 1 aromatic heterocycles. The van der Waals surface area contributed by atoms with Crippen molar-refractivity contribution in [2.75, 3.05) is 7.11 Å². The van der Waals surface area contributed by atoms with E-state index in [0.717, 1.165) is 18.7 Å². The van der Waals surface area contributed by atoms with E-state index in [1.807, 2.05) is 11.6 Å². The Bertz CT molecular complexity index is 779. The van der Waals surface area contributed by atoms with E-state index in [1.165, 1.54) is 19.6 Å². The summed E-state index contributed by atoms with van der Waals surface area (Å²) in [5.41, 5.74) is 0. The number of aromatic nitrogens is 3. The predicted molar refractivity (Wildman–Crippen MR) is 81.5 cm³/mol. The van der Waals surface area contributed by atoms with Crippen LogP contribution >= 0.6 is 0 Å². The average Bonchev–Trinajstić information content (AvgIpc) is 2.79. The fourth-order valence-electron chi connectivity index (χ4n) is 2.57. The normalized spacial score (nSPS) is 15.5. The van der Waals surface area contributed by atoms with Crippen LogP contribution in [-0.2, 0) is 22.6 Å². The van der Waals surface area contributed by atoms with Gasteiger partial charge in [-0.15, -0.1) is 10.2 Å². The van der Waals surface area contributed by atoms with Crippen LogP contribution in [0.3, 0.4) is 0 Å². The van der Waals surface area contributed by atoms with E-state index in [9.17, 15) is 8.42 Å². The maximum Gasteiger partial charge on any atom is 0.185 e. The molecule has 0 atom stereocenters. The molecule has 1 heterocycles. The first kappa shape index (κ1) is 15.0. The number of hydrogen-bond donors (Lipinski definition) is 0. The lowest BCUT2D eigenvalue weighted by Crippen LogP contribution is -2.16. The van der Waals surface area contributed by atoms with Gasteiger partial charge in [0.1, 0.15) is 23.2 Å². The van der Waals surface area contributed by atoms with Gasteiger partial charge < -0.3 is 9.30 Å². The van der Waals surface area contributed by atoms with Crippen molar-refractivity contribution in [1.29, 1.82) is 0 Å². The highest BCUT2D eigenvalue weighted by molar-refractivity contribution is 7.90. The summed E-state index contributed by atoms with van der Waals surface area (Å²) in [6, 6.07) is 6.48. The Morgan fingerprint density at radius 1 is 1.32 bits per heavy atom. The first-order valence-corrected chi connectivity index (χ1v) is 8.91. The summed E-state index contributed by atoms with van der Waals surface area (Å²) in [5.74, 6) is 2.16. The van der Waals surface area contributed by atoms with Gasteiger partial charge in [-0.2, -0.15) is 0 Å². The van der Waals surface area contributed by atoms with E-state index in [4.69, 9.17) is 4.74 Å². The molecule has 0 radical (unpaired) electrons. The highest BCUT2D eigenvalue weighted by atomic mass is 32.2. The first-order valence-electron chi connectivity index (χ1n) is 7.26. The lowest BCUT2D eigenvalue weighted by molar-refractivity contribution is 0.391. The van der Waals surface area contributed by atoms with Gasteiger partial charge in [0.05, 0.1) is 12.0 Å². The van der Waals surface area contributed by atoms with Crippen molar-refractivity contribution in [1.82, 2.24) is 14.8 Å². The molecule has 1 fully saturated rings. The molecule has 0 amide bonds. The summed E-state index contributed by atoms with van der Waals surface area (Å²) >= 11 is 0. The summed E-state index contributed by atoms with van der Waals surface area (Å²) in [6.45, 7) is 0. The van der Waals surface area contributed by atoms with Crippen molar-refractivity contribution in [2.45, 2.75) is 35.8 Å². The number of rotatable bonds is 5. The second-order valence-electron chi connectivity index (χ2n) is 5.60. The number of nitrogens with zero attached hydrogens (tertiary/aromatic N) is 3. The average molecular weight is 321 g/mol. The molecule has 0 saturated heterocycles. The van der Waals surface area contributed by atoms with Crippen molar-refractivity contribution in [3.8, 4) is 5.75 Å². The van der Waals surface area contributed by atoms with Crippen LogP contribution in [-0.4, -0.2) is 30.3 Å². The van der Waals surface area contributed by atoms with E-state index in [-0.39, 0.29) is 10.6 Å². The third-order valence-electron chi connectivity index (χ3n) is 4.19. The molecule has 7 heteroatoms. The molecular formula is C15H19N3O3S. The van der Waals surface area contributed by atoms with E-state index >= 15 is 0 Å². The molecule has 118 valence electrons. The van der Waals surface area contributed by atoms with Crippen LogP contribution in [0, 0.1) is 0 Å². The number of benzene rings is 1. The summed E-state index contributed by atoms with van der Waals surface area (Å²) < 4.78 is 32.0. The van der Waals surface area contributed by atoms with Gasteiger partial charge in [-0.1, -0.05) is 12.5 Å². The zero-order chi connectivity index (χ0) is 15.7. The maximum atomic E-state index is 12.5. The molecule has 22 heavy (non-hydrogen) atoms. The smallest absolute Gasteiger partial charge is 0.185 e. The molecule has 1 saturated carbocycles. The van der Waals surface area contributed by atoms with Crippen LogP contribution < -0.4 is 4.74 Å². The van der Waals surface area contributed by atoms with Crippen LogP contribution in [0.4, 0.5) is 0 Å². The van der Waals surface area contributed by atoms with Crippen LogP contribution in [0.2, 0.25) is 0 Å². The Morgan fingerprint density at radius 2 is 2.09 bits per heavy atom. The van der Waals surface area contributed by atoms with Gasteiger partial charge in [0.15, 0.2) is 9.84 Å². The Labute approximate surface area is 130 Å². The van der Waals surface area contributed by atoms with Gasteiger partial charge >= 0.3 is 0 Å². The van der Waals surface area contributed by atoms with Crippen molar-refractivity contribution >= 4 is 9.84 Å². The van der Waals surface area contributed by atoms with E-state index in [2.05, 4.69) is 10.2 Å². The van der Waals surface area contributed by atoms with E-state index < -0.39 is 9.84 Å². The molecule has 6 nitrogen and oxygen atoms in total. The maximum absolute atomic E-state index is 12.5. The minimum atomic E-state index is -3.47. The van der Waals surface area contributed by atoms with E-state index in [1.54, 1.807) is 18.2 Å². The lowest BCUT2D eigenvalue weighted by atomic mass is 9.85. The molecule has 3 rings (SSSR count). The molecule has 1 aliphatic rings. The number of methoxy groups -OCH3 is 1. The molecule has 0 bridgehead atoms. The molecule has 1 aliphatic carbocycles. The van der Waals surface area contributed by atoms with Crippen molar-refractivity contribution in [3.05, 3.63) is 35.9 Å². The standard InChI is InChI=1S/C15H19N3O3S/c1-18-14(16-17-15(18)11-5-3-6-11)10-22(19,20)13-8-4-7-12(9-13)21-2/h4,7-9,11H,3,5-6,10H2,1-2H3. The minimum absolute atomic E-state index is 0.156. The number of hydrogen-bond acceptors (Lipinski definition) is 5. The van der Waals surface area contributed by atoms with Gasteiger partial charge in [-0.3, -0.25) is 0 Å². The second-order valence-corrected chi connectivity index (χ2v) is 7.59. The third-order valence-corrected chi connectivity index (χ3v) is 5.80. The highest BCUT2D eigenvalue weighted by Crippen LogP contribution is 2.35. The Hall–Kier alpha value is -1.89. The van der Waals surface area contributed by atoms with Crippen LogP contribution in [0.1, 0.15) is 36.8 Å². The molecule has 0 unspecified atom stereocenters. The van der Waals surface area contributed by atoms with Crippen molar-refractivity contribution in [3.63, 3.8) is 0 Å². The summed E-state index contributed by atoms with van der Waals surface area (Å²) in [7, 11) is -0.122. The van der Waals surface area contributed by atoms with Gasteiger partial charge in [-0.25, -0.2) is 8.42 Å². The summed E-state index contributed by atoms with van der Waals surface area (Å²) in [6.07, 6.45) is 3.41. The SMILES string of the molecule is COc1cccc(S(=O)(=O)Cc2nnc(C3CCC3)n2C)c1. The Morgan fingerprint density at radius 3 is 2.73 bits per heavy atom. The fraction of sp³-hybridized carbons (Fsp3) is 0.467. The molecule has 0 N–H and O–H groups in total. The first-order chi connectivity index (χ1) is 10.5. The van der Waals surface area contributed by atoms with Gasteiger partial charge in [0, 0.05) is 13.0 Å². The number of sulfone groups is 1. The van der Waals surface area contributed by atoms with Gasteiger partial charge in [-0.05, 0) is 31.0 Å². The zero-order valence-electron chi connectivity index (χ0n) is 12.7. The highest BCUT2D eigenvalue weighted by Gasteiger charge is 2.27. The summed E-state index contributed by atoms with van der Waals surface area (Å²) in [4.78, 5) is 0.236. The molecule has 0 spiro atoms. The molecular weight excluding hydrogens is 302 g/mol.